The first-order valence-corrected chi connectivity index (χ1v) is 9.60. The molecular formula is C25H18BrO. The summed E-state index contributed by atoms with van der Waals surface area (Å²) in [6.45, 7) is 0. The van der Waals surface area contributed by atoms with E-state index >= 15 is 0 Å². The molecule has 2 heteroatoms. The Balaban J connectivity index is 1.64. The summed E-state index contributed by atoms with van der Waals surface area (Å²) in [6.07, 6.45) is 0. The third-order valence-electron chi connectivity index (χ3n) is 4.32. The van der Waals surface area contributed by atoms with E-state index in [-0.39, 0.29) is 0 Å². The lowest BCUT2D eigenvalue weighted by Crippen LogP contribution is -2.04. The minimum absolute atomic E-state index is 0.821. The molecule has 0 fully saturated rings. The minimum atomic E-state index is 0.821. The molecule has 4 rings (SSSR count). The molecule has 0 saturated heterocycles. The molecular weight excluding hydrogens is 396 g/mol. The fraction of sp³-hybridized carbons (Fsp3) is 0. The van der Waals surface area contributed by atoms with Gasteiger partial charge in [0, 0.05) is 4.47 Å². The quantitative estimate of drug-likeness (QED) is 0.312. The van der Waals surface area contributed by atoms with Crippen LogP contribution in [0.5, 0.6) is 11.5 Å². The fourth-order valence-electron chi connectivity index (χ4n) is 3.04. The molecule has 4 aromatic carbocycles. The molecule has 0 saturated carbocycles. The van der Waals surface area contributed by atoms with Gasteiger partial charge in [-0.05, 0) is 53.1 Å². The lowest BCUT2D eigenvalue weighted by Gasteiger charge is -2.18. The number of hydrogen-bond donors (Lipinski definition) is 0. The van der Waals surface area contributed by atoms with E-state index in [1.165, 1.54) is 17.0 Å². The highest BCUT2D eigenvalue weighted by Gasteiger charge is 2.17. The van der Waals surface area contributed by atoms with E-state index in [0.29, 0.717) is 0 Å². The summed E-state index contributed by atoms with van der Waals surface area (Å²) in [5.41, 5.74) is 3.56. The summed E-state index contributed by atoms with van der Waals surface area (Å²) in [7, 11) is 0. The van der Waals surface area contributed by atoms with Gasteiger partial charge >= 0.3 is 0 Å². The molecule has 27 heavy (non-hydrogen) atoms. The van der Waals surface area contributed by atoms with Crippen LogP contribution in [0.1, 0.15) is 16.7 Å². The maximum absolute atomic E-state index is 5.95. The number of benzene rings is 4. The molecule has 131 valence electrons. The Kier molecular flexibility index (Phi) is 5.36. The van der Waals surface area contributed by atoms with Crippen molar-refractivity contribution in [1.29, 1.82) is 0 Å². The van der Waals surface area contributed by atoms with Gasteiger partial charge < -0.3 is 4.74 Å². The van der Waals surface area contributed by atoms with Crippen LogP contribution in [-0.2, 0) is 0 Å². The largest absolute Gasteiger partial charge is 0.457 e. The molecule has 1 nitrogen and oxygen atoms in total. The van der Waals surface area contributed by atoms with Crippen molar-refractivity contribution in [2.24, 2.45) is 0 Å². The standard InChI is InChI=1S/C25H18BrO/c26-22-13-17-24(18-14-22)27-23-15-11-21(12-16-23)25(19-7-3-1-4-8-19)20-9-5-2-6-10-20/h1-18H. The molecule has 0 bridgehead atoms. The summed E-state index contributed by atoms with van der Waals surface area (Å²) in [5.74, 6) is 2.86. The van der Waals surface area contributed by atoms with Crippen LogP contribution in [0.3, 0.4) is 0 Å². The van der Waals surface area contributed by atoms with Gasteiger partial charge in [0.15, 0.2) is 0 Å². The van der Waals surface area contributed by atoms with Gasteiger partial charge in [0.25, 0.3) is 0 Å². The minimum Gasteiger partial charge on any atom is -0.457 e. The second-order valence-electron chi connectivity index (χ2n) is 6.19. The summed E-state index contributed by atoms with van der Waals surface area (Å²) < 4.78 is 6.99. The Morgan fingerprint density at radius 1 is 0.481 bits per heavy atom. The molecule has 0 atom stereocenters. The monoisotopic (exact) mass is 413 g/mol. The van der Waals surface area contributed by atoms with Crippen molar-refractivity contribution in [2.75, 3.05) is 0 Å². The SMILES string of the molecule is Brc1ccc(Oc2ccc([C](c3ccccc3)c3ccccc3)cc2)cc1. The Morgan fingerprint density at radius 2 is 0.889 bits per heavy atom. The summed E-state index contributed by atoms with van der Waals surface area (Å²) in [5, 5.41) is 0. The van der Waals surface area contributed by atoms with Gasteiger partial charge in [-0.25, -0.2) is 0 Å². The fourth-order valence-corrected chi connectivity index (χ4v) is 3.30. The van der Waals surface area contributed by atoms with Crippen LogP contribution < -0.4 is 4.74 Å². The average molecular weight is 414 g/mol. The molecule has 4 aromatic rings. The van der Waals surface area contributed by atoms with E-state index in [9.17, 15) is 0 Å². The molecule has 1 radical (unpaired) electrons. The van der Waals surface area contributed by atoms with Crippen LogP contribution in [0.25, 0.3) is 0 Å². The summed E-state index contributed by atoms with van der Waals surface area (Å²) in [4.78, 5) is 0. The number of hydrogen-bond acceptors (Lipinski definition) is 1. The van der Waals surface area contributed by atoms with Gasteiger partial charge in [0.05, 0.1) is 5.92 Å². The Bertz CT molecular complexity index is 938. The van der Waals surface area contributed by atoms with Crippen molar-refractivity contribution in [3.63, 3.8) is 0 Å². The first-order valence-electron chi connectivity index (χ1n) is 8.81. The van der Waals surface area contributed by atoms with Gasteiger partial charge in [-0.3, -0.25) is 0 Å². The van der Waals surface area contributed by atoms with Gasteiger partial charge in [-0.15, -0.1) is 0 Å². The van der Waals surface area contributed by atoms with E-state index in [0.717, 1.165) is 21.5 Å². The molecule has 0 spiro atoms. The Morgan fingerprint density at radius 3 is 1.37 bits per heavy atom. The third-order valence-corrected chi connectivity index (χ3v) is 4.85. The first-order chi connectivity index (χ1) is 13.3. The predicted octanol–water partition coefficient (Wildman–Crippen LogP) is 7.26. The normalized spacial score (nSPS) is 10.7. The van der Waals surface area contributed by atoms with Crippen LogP contribution >= 0.6 is 15.9 Å². The highest BCUT2D eigenvalue weighted by atomic mass is 79.9. The van der Waals surface area contributed by atoms with Crippen LogP contribution in [0, 0.1) is 5.92 Å². The summed E-state index contributed by atoms with van der Waals surface area (Å²) in [6, 6.07) is 37.1. The van der Waals surface area contributed by atoms with E-state index in [4.69, 9.17) is 4.74 Å². The Labute approximate surface area is 168 Å². The second kappa shape index (κ2) is 8.24. The summed E-state index contributed by atoms with van der Waals surface area (Å²) >= 11 is 3.44. The third kappa shape index (κ3) is 4.29. The number of ether oxygens (including phenoxy) is 1. The smallest absolute Gasteiger partial charge is 0.127 e. The van der Waals surface area contributed by atoms with Crippen LogP contribution in [0.2, 0.25) is 0 Å². The van der Waals surface area contributed by atoms with E-state index in [1.54, 1.807) is 0 Å². The van der Waals surface area contributed by atoms with Crippen LogP contribution in [0.4, 0.5) is 0 Å². The van der Waals surface area contributed by atoms with Crippen molar-refractivity contribution in [2.45, 2.75) is 0 Å². The van der Waals surface area contributed by atoms with Gasteiger partial charge in [-0.2, -0.15) is 0 Å². The van der Waals surface area contributed by atoms with Gasteiger partial charge in [0.2, 0.25) is 0 Å². The van der Waals surface area contributed by atoms with Crippen molar-refractivity contribution < 1.29 is 4.74 Å². The lowest BCUT2D eigenvalue weighted by molar-refractivity contribution is 0.482. The molecule has 0 N–H and O–H groups in total. The molecule has 0 amide bonds. The number of rotatable bonds is 5. The van der Waals surface area contributed by atoms with Crippen molar-refractivity contribution in [1.82, 2.24) is 0 Å². The highest BCUT2D eigenvalue weighted by Crippen LogP contribution is 2.32. The van der Waals surface area contributed by atoms with E-state index < -0.39 is 0 Å². The van der Waals surface area contributed by atoms with Crippen LogP contribution in [-0.4, -0.2) is 0 Å². The molecule has 0 aliphatic heterocycles. The van der Waals surface area contributed by atoms with Gasteiger partial charge in [-0.1, -0.05) is 88.7 Å². The van der Waals surface area contributed by atoms with Crippen molar-refractivity contribution in [3.8, 4) is 11.5 Å². The van der Waals surface area contributed by atoms with Gasteiger partial charge in [0.1, 0.15) is 11.5 Å². The van der Waals surface area contributed by atoms with E-state index in [1.807, 2.05) is 48.5 Å². The molecule has 0 aromatic heterocycles. The lowest BCUT2D eigenvalue weighted by atomic mass is 9.85. The zero-order valence-corrected chi connectivity index (χ0v) is 16.3. The second-order valence-corrected chi connectivity index (χ2v) is 7.10. The predicted molar refractivity (Wildman–Crippen MR) is 114 cm³/mol. The average Bonchev–Trinajstić information content (AvgIpc) is 2.73. The van der Waals surface area contributed by atoms with E-state index in [2.05, 4.69) is 76.6 Å². The topological polar surface area (TPSA) is 9.23 Å². The zero-order valence-electron chi connectivity index (χ0n) is 14.7. The first kappa shape index (κ1) is 17.6. The van der Waals surface area contributed by atoms with Crippen molar-refractivity contribution in [3.05, 3.63) is 136 Å². The maximum Gasteiger partial charge on any atom is 0.127 e. The highest BCUT2D eigenvalue weighted by molar-refractivity contribution is 9.10. The molecule has 0 aliphatic carbocycles. The number of halogens is 1. The maximum atomic E-state index is 5.95. The molecule has 0 unspecified atom stereocenters. The molecule has 0 heterocycles. The van der Waals surface area contributed by atoms with Crippen LogP contribution in [0.15, 0.2) is 114 Å². The van der Waals surface area contributed by atoms with Crippen molar-refractivity contribution >= 4 is 15.9 Å². The Hall–Kier alpha value is -2.84. The zero-order chi connectivity index (χ0) is 18.5. The molecule has 0 aliphatic rings.